The van der Waals surface area contributed by atoms with Gasteiger partial charge in [0.15, 0.2) is 3.57 Å². The molecule has 1 aromatic heterocycles. The van der Waals surface area contributed by atoms with E-state index in [0.29, 0.717) is 0 Å². The Hall–Kier alpha value is -0.350. The Morgan fingerprint density at radius 3 is 2.56 bits per heavy atom. The number of hydrogen-bond acceptors (Lipinski definition) is 1. The second-order valence-electron chi connectivity index (χ2n) is 4.21. The first-order valence-corrected chi connectivity index (χ1v) is 8.55. The third-order valence-electron chi connectivity index (χ3n) is 2.25. The van der Waals surface area contributed by atoms with E-state index in [-0.39, 0.29) is 21.2 Å². The van der Waals surface area contributed by atoms with Crippen molar-refractivity contribution < 1.29 is 21.2 Å². The maximum Gasteiger partial charge on any atom is 0.370 e. The van der Waals surface area contributed by atoms with Crippen molar-refractivity contribution in [3.63, 3.8) is 0 Å². The van der Waals surface area contributed by atoms with Gasteiger partial charge in [0.25, 0.3) is 2.88 Å². The topological polar surface area (TPSA) is 0 Å². The average molecular weight is 343 g/mol. The predicted molar refractivity (Wildman–Crippen MR) is 66.7 cm³/mol. The summed E-state index contributed by atoms with van der Waals surface area (Å²) >= 11 is 1.97. The molecular formula is C14H16IS+. The Labute approximate surface area is 112 Å². The molecule has 16 heavy (non-hydrogen) atoms. The van der Waals surface area contributed by atoms with Crippen LogP contribution < -0.4 is 21.2 Å². The van der Waals surface area contributed by atoms with Gasteiger partial charge in [0, 0.05) is 5.56 Å². The van der Waals surface area contributed by atoms with E-state index in [2.05, 4.69) is 55.6 Å². The highest BCUT2D eigenvalue weighted by Gasteiger charge is 2.21. The van der Waals surface area contributed by atoms with Gasteiger partial charge in [-0.25, -0.2) is 0 Å². The molecule has 2 rings (SSSR count). The monoisotopic (exact) mass is 343 g/mol. The first-order valence-electron chi connectivity index (χ1n) is 5.52. The normalized spacial score (nSPS) is 10.9. The van der Waals surface area contributed by atoms with E-state index in [4.69, 9.17) is 0 Å². The molecule has 0 atom stereocenters. The van der Waals surface area contributed by atoms with E-state index in [1.54, 1.807) is 8.45 Å². The fourth-order valence-corrected chi connectivity index (χ4v) is 5.77. The molecule has 0 spiro atoms. The molecule has 0 nitrogen and oxygen atoms in total. The van der Waals surface area contributed by atoms with Gasteiger partial charge in [0.2, 0.25) is 0 Å². The van der Waals surface area contributed by atoms with Crippen LogP contribution in [-0.2, 0) is 6.42 Å². The summed E-state index contributed by atoms with van der Waals surface area (Å²) in [5, 5.41) is 2.25. The highest BCUT2D eigenvalue weighted by molar-refractivity contribution is 7.07. The van der Waals surface area contributed by atoms with Crippen molar-refractivity contribution in [2.45, 2.75) is 20.3 Å². The van der Waals surface area contributed by atoms with Crippen LogP contribution in [-0.4, -0.2) is 0 Å². The highest BCUT2D eigenvalue weighted by Crippen LogP contribution is 2.11. The van der Waals surface area contributed by atoms with Crippen LogP contribution in [0.3, 0.4) is 0 Å². The lowest BCUT2D eigenvalue weighted by Crippen LogP contribution is -3.61. The lowest BCUT2D eigenvalue weighted by molar-refractivity contribution is -0.592. The quantitative estimate of drug-likeness (QED) is 0.729. The van der Waals surface area contributed by atoms with E-state index < -0.39 is 0 Å². The van der Waals surface area contributed by atoms with Gasteiger partial charge in [0.05, 0.1) is 0 Å². The summed E-state index contributed by atoms with van der Waals surface area (Å²) in [6, 6.07) is 13.2. The van der Waals surface area contributed by atoms with Crippen LogP contribution in [0.2, 0.25) is 0 Å². The molecule has 0 saturated heterocycles. The molecular weight excluding hydrogens is 327 g/mol. The summed E-state index contributed by atoms with van der Waals surface area (Å²) < 4.78 is 3.16. The van der Waals surface area contributed by atoms with Crippen molar-refractivity contribution in [3.05, 3.63) is 53.8 Å². The number of halogens is 1. The average Bonchev–Trinajstić information content (AvgIpc) is 2.66. The van der Waals surface area contributed by atoms with Crippen molar-refractivity contribution in [2.24, 2.45) is 5.92 Å². The van der Waals surface area contributed by atoms with Crippen LogP contribution in [0.4, 0.5) is 0 Å². The van der Waals surface area contributed by atoms with E-state index in [1.807, 2.05) is 11.3 Å². The van der Waals surface area contributed by atoms with Crippen LogP contribution >= 0.6 is 11.3 Å². The highest BCUT2D eigenvalue weighted by atomic mass is 127. The molecule has 0 fully saturated rings. The maximum absolute atomic E-state index is 2.31. The zero-order valence-electron chi connectivity index (χ0n) is 9.61. The number of rotatable bonds is 4. The van der Waals surface area contributed by atoms with Gasteiger partial charge in [0.1, 0.15) is 0 Å². The zero-order chi connectivity index (χ0) is 11.4. The van der Waals surface area contributed by atoms with Gasteiger partial charge < -0.3 is 0 Å². The molecule has 0 N–H and O–H groups in total. The standard InChI is InChI=1S/C14H16IS/c1-11(2)10-12-8-9-16-14(12)15-13-6-4-3-5-7-13/h3-9,11H,10H2,1-2H3/q+1. The van der Waals surface area contributed by atoms with Crippen LogP contribution in [0.25, 0.3) is 0 Å². The van der Waals surface area contributed by atoms with Crippen LogP contribution in [0.15, 0.2) is 41.8 Å². The molecule has 1 aromatic carbocycles. The molecule has 0 saturated carbocycles. The molecule has 0 aliphatic rings. The number of benzene rings is 1. The lowest BCUT2D eigenvalue weighted by Gasteiger charge is -1.99. The van der Waals surface area contributed by atoms with Crippen molar-refractivity contribution in [1.82, 2.24) is 0 Å². The maximum atomic E-state index is 2.31. The van der Waals surface area contributed by atoms with Gasteiger partial charge in [-0.3, -0.25) is 0 Å². The third kappa shape index (κ3) is 3.32. The SMILES string of the molecule is CC(C)Cc1ccsc1[I+]c1ccccc1. The van der Waals surface area contributed by atoms with Gasteiger partial charge in [-0.2, -0.15) is 0 Å². The summed E-state index contributed by atoms with van der Waals surface area (Å²) in [7, 11) is 0. The van der Waals surface area contributed by atoms with Crippen LogP contribution in [0.5, 0.6) is 0 Å². The molecule has 2 aromatic rings. The summed E-state index contributed by atoms with van der Waals surface area (Å²) in [4.78, 5) is 0. The van der Waals surface area contributed by atoms with Crippen molar-refractivity contribution in [2.75, 3.05) is 0 Å². The van der Waals surface area contributed by atoms with E-state index in [9.17, 15) is 0 Å². The number of thiophene rings is 1. The Kier molecular flexibility index (Phi) is 4.41. The Bertz CT molecular complexity index is 431. The molecule has 0 aliphatic heterocycles. The Morgan fingerprint density at radius 1 is 1.12 bits per heavy atom. The van der Waals surface area contributed by atoms with Crippen molar-refractivity contribution >= 4 is 11.3 Å². The van der Waals surface area contributed by atoms with Gasteiger partial charge >= 0.3 is 21.2 Å². The van der Waals surface area contributed by atoms with E-state index in [0.717, 1.165) is 5.92 Å². The van der Waals surface area contributed by atoms with Crippen LogP contribution in [0, 0.1) is 12.4 Å². The minimum atomic E-state index is 0.0312. The molecule has 0 amide bonds. The largest absolute Gasteiger partial charge is 0.370 e. The minimum Gasteiger partial charge on any atom is -0.0960 e. The third-order valence-corrected chi connectivity index (χ3v) is 6.80. The number of hydrogen-bond donors (Lipinski definition) is 0. The molecule has 0 bridgehead atoms. The van der Waals surface area contributed by atoms with Crippen molar-refractivity contribution in [3.8, 4) is 0 Å². The molecule has 0 radical (unpaired) electrons. The fourth-order valence-electron chi connectivity index (χ4n) is 1.56. The van der Waals surface area contributed by atoms with Crippen LogP contribution in [0.1, 0.15) is 19.4 Å². The lowest BCUT2D eigenvalue weighted by atomic mass is 10.1. The fraction of sp³-hybridized carbons (Fsp3) is 0.286. The van der Waals surface area contributed by atoms with E-state index >= 15 is 0 Å². The van der Waals surface area contributed by atoms with Crippen molar-refractivity contribution in [1.29, 1.82) is 0 Å². The molecule has 84 valence electrons. The molecule has 0 unspecified atom stereocenters. The smallest absolute Gasteiger partial charge is 0.0960 e. The van der Waals surface area contributed by atoms with Gasteiger partial charge in [-0.1, -0.05) is 43.4 Å². The van der Waals surface area contributed by atoms with Gasteiger partial charge in [-0.15, -0.1) is 0 Å². The summed E-state index contributed by atoms with van der Waals surface area (Å²) in [6.07, 6.45) is 1.23. The molecule has 2 heteroatoms. The first-order chi connectivity index (χ1) is 7.75. The summed E-state index contributed by atoms with van der Waals surface area (Å²) in [5.74, 6) is 0.758. The Morgan fingerprint density at radius 2 is 1.88 bits per heavy atom. The second-order valence-corrected chi connectivity index (χ2v) is 8.72. The second kappa shape index (κ2) is 5.82. The Balaban J connectivity index is 2.13. The molecule has 0 aliphatic carbocycles. The van der Waals surface area contributed by atoms with Gasteiger partial charge in [-0.05, 0) is 35.9 Å². The minimum absolute atomic E-state index is 0.0312. The predicted octanol–water partition coefficient (Wildman–Crippen LogP) is 1.07. The zero-order valence-corrected chi connectivity index (χ0v) is 12.6. The summed E-state index contributed by atoms with van der Waals surface area (Å²) in [6.45, 7) is 4.59. The van der Waals surface area contributed by atoms with E-state index in [1.165, 1.54) is 9.99 Å². The molecule has 1 heterocycles. The summed E-state index contributed by atoms with van der Waals surface area (Å²) in [5.41, 5.74) is 1.58. The first kappa shape index (κ1) is 12.1.